The zero-order chi connectivity index (χ0) is 15.5. The van der Waals surface area contributed by atoms with Crippen molar-refractivity contribution in [2.45, 2.75) is 65.1 Å². The van der Waals surface area contributed by atoms with Crippen LogP contribution in [-0.2, 0) is 4.74 Å². The number of ether oxygens (including phenoxy) is 1. The normalized spacial score (nSPS) is 14.1. The molecule has 2 nitrogen and oxygen atoms in total. The van der Waals surface area contributed by atoms with E-state index in [9.17, 15) is 0 Å². The molecule has 0 aliphatic carbocycles. The van der Waals surface area contributed by atoms with Gasteiger partial charge in [-0.2, -0.15) is 0 Å². The van der Waals surface area contributed by atoms with Crippen LogP contribution in [0.3, 0.4) is 0 Å². The Bertz CT molecular complexity index is 383. The highest BCUT2D eigenvalue weighted by atomic mass is 35.5. The van der Waals surface area contributed by atoms with Crippen LogP contribution in [0.1, 0.15) is 64.5 Å². The molecular weight excluding hydrogens is 282 g/mol. The van der Waals surface area contributed by atoms with E-state index in [1.54, 1.807) is 0 Å². The summed E-state index contributed by atoms with van der Waals surface area (Å²) in [4.78, 5) is 0. The minimum Gasteiger partial charge on any atom is -0.369 e. The molecule has 2 unspecified atom stereocenters. The van der Waals surface area contributed by atoms with Gasteiger partial charge in [0.15, 0.2) is 0 Å². The minimum absolute atomic E-state index is 0.0276. The number of likely N-dealkylation sites (N-methyl/N-ethyl adjacent to an activating group) is 1. The average Bonchev–Trinajstić information content (AvgIpc) is 2.48. The largest absolute Gasteiger partial charge is 0.369 e. The van der Waals surface area contributed by atoms with Gasteiger partial charge in [0, 0.05) is 17.1 Å². The molecule has 0 aliphatic heterocycles. The van der Waals surface area contributed by atoms with Gasteiger partial charge in [-0.05, 0) is 26.0 Å². The van der Waals surface area contributed by atoms with Gasteiger partial charge in [0.05, 0.1) is 12.2 Å². The van der Waals surface area contributed by atoms with Crippen molar-refractivity contribution in [3.05, 3.63) is 34.9 Å². The Morgan fingerprint density at radius 2 is 1.90 bits per heavy atom. The van der Waals surface area contributed by atoms with Crippen LogP contribution in [0.5, 0.6) is 0 Å². The molecule has 0 fully saturated rings. The van der Waals surface area contributed by atoms with E-state index in [4.69, 9.17) is 16.3 Å². The van der Waals surface area contributed by atoms with Gasteiger partial charge in [-0.15, -0.1) is 0 Å². The van der Waals surface area contributed by atoms with Gasteiger partial charge in [-0.25, -0.2) is 0 Å². The molecule has 0 radical (unpaired) electrons. The molecule has 0 saturated carbocycles. The summed E-state index contributed by atoms with van der Waals surface area (Å²) in [6.07, 6.45) is 6.55. The van der Waals surface area contributed by atoms with Gasteiger partial charge < -0.3 is 10.1 Å². The highest BCUT2D eigenvalue weighted by Gasteiger charge is 2.17. The molecule has 0 bridgehead atoms. The van der Waals surface area contributed by atoms with Crippen molar-refractivity contribution >= 4 is 11.6 Å². The van der Waals surface area contributed by atoms with Crippen molar-refractivity contribution in [2.75, 3.05) is 13.1 Å². The van der Waals surface area contributed by atoms with Crippen LogP contribution in [0.2, 0.25) is 5.02 Å². The van der Waals surface area contributed by atoms with Gasteiger partial charge in [0.25, 0.3) is 0 Å². The zero-order valence-electron chi connectivity index (χ0n) is 13.7. The molecule has 0 saturated heterocycles. The topological polar surface area (TPSA) is 21.3 Å². The molecule has 0 aromatic heterocycles. The lowest BCUT2D eigenvalue weighted by molar-refractivity contribution is -0.00778. The minimum atomic E-state index is 0.0276. The molecule has 120 valence electrons. The Kier molecular flexibility index (Phi) is 9.73. The van der Waals surface area contributed by atoms with Crippen molar-refractivity contribution in [2.24, 2.45) is 0 Å². The molecule has 1 rings (SSSR count). The maximum Gasteiger partial charge on any atom is 0.0967 e. The van der Waals surface area contributed by atoms with E-state index in [2.05, 4.69) is 32.2 Å². The van der Waals surface area contributed by atoms with Crippen LogP contribution in [-0.4, -0.2) is 19.2 Å². The molecule has 3 heteroatoms. The molecular formula is C18H30ClNO. The quantitative estimate of drug-likeness (QED) is 0.555. The summed E-state index contributed by atoms with van der Waals surface area (Å²) in [7, 11) is 0. The average molecular weight is 312 g/mol. The third kappa shape index (κ3) is 7.30. The maximum atomic E-state index is 6.32. The number of halogens is 1. The number of hydrogen-bond donors (Lipinski definition) is 1. The highest BCUT2D eigenvalue weighted by molar-refractivity contribution is 6.31. The van der Waals surface area contributed by atoms with E-state index >= 15 is 0 Å². The van der Waals surface area contributed by atoms with Crippen LogP contribution in [0.25, 0.3) is 0 Å². The van der Waals surface area contributed by atoms with E-state index in [-0.39, 0.29) is 12.2 Å². The lowest BCUT2D eigenvalue weighted by Crippen LogP contribution is -2.26. The number of benzene rings is 1. The monoisotopic (exact) mass is 311 g/mol. The predicted octanol–water partition coefficient (Wildman–Crippen LogP) is 5.37. The summed E-state index contributed by atoms with van der Waals surface area (Å²) < 4.78 is 6.25. The second kappa shape index (κ2) is 11.1. The maximum absolute atomic E-state index is 6.32. The first-order chi connectivity index (χ1) is 10.2. The number of unbranched alkanes of at least 4 members (excludes halogenated alkanes) is 3. The lowest BCUT2D eigenvalue weighted by atomic mass is 10.1. The zero-order valence-corrected chi connectivity index (χ0v) is 14.5. The van der Waals surface area contributed by atoms with Gasteiger partial charge in [-0.3, -0.25) is 0 Å². The second-order valence-corrected chi connectivity index (χ2v) is 6.02. The Morgan fingerprint density at radius 1 is 1.14 bits per heavy atom. The Labute approximate surface area is 135 Å². The predicted molar refractivity (Wildman–Crippen MR) is 92.0 cm³/mol. The SMILES string of the molecule is CCCCCCC(C)OC(CNCC)c1ccccc1Cl. The first-order valence-electron chi connectivity index (χ1n) is 8.29. The molecule has 0 amide bonds. The Balaban J connectivity index is 2.55. The smallest absolute Gasteiger partial charge is 0.0967 e. The van der Waals surface area contributed by atoms with Gasteiger partial charge in [0.1, 0.15) is 0 Å². The standard InChI is InChI=1S/C18H30ClNO/c1-4-6-7-8-11-15(3)21-18(14-20-5-2)16-12-9-10-13-17(16)19/h9-10,12-13,15,18,20H,4-8,11,14H2,1-3H3. The van der Waals surface area contributed by atoms with Crippen LogP contribution >= 0.6 is 11.6 Å². The van der Waals surface area contributed by atoms with E-state index in [0.717, 1.165) is 30.1 Å². The number of hydrogen-bond acceptors (Lipinski definition) is 2. The third-order valence-corrected chi connectivity index (χ3v) is 4.04. The van der Waals surface area contributed by atoms with E-state index in [1.807, 2.05) is 18.2 Å². The first-order valence-corrected chi connectivity index (χ1v) is 8.67. The molecule has 21 heavy (non-hydrogen) atoms. The summed E-state index contributed by atoms with van der Waals surface area (Å²) in [6, 6.07) is 7.99. The fourth-order valence-corrected chi connectivity index (χ4v) is 2.71. The summed E-state index contributed by atoms with van der Waals surface area (Å²) in [5, 5.41) is 4.16. The van der Waals surface area contributed by atoms with Crippen molar-refractivity contribution in [3.8, 4) is 0 Å². The number of rotatable bonds is 11. The highest BCUT2D eigenvalue weighted by Crippen LogP contribution is 2.27. The van der Waals surface area contributed by atoms with Crippen LogP contribution in [0.4, 0.5) is 0 Å². The van der Waals surface area contributed by atoms with E-state index in [1.165, 1.54) is 25.7 Å². The van der Waals surface area contributed by atoms with E-state index in [0.29, 0.717) is 0 Å². The van der Waals surface area contributed by atoms with Crippen molar-refractivity contribution in [3.63, 3.8) is 0 Å². The van der Waals surface area contributed by atoms with Crippen LogP contribution in [0.15, 0.2) is 24.3 Å². The second-order valence-electron chi connectivity index (χ2n) is 5.61. The Morgan fingerprint density at radius 3 is 2.57 bits per heavy atom. The summed E-state index contributed by atoms with van der Waals surface area (Å²) >= 11 is 6.32. The fraction of sp³-hybridized carbons (Fsp3) is 0.667. The molecule has 0 aliphatic rings. The van der Waals surface area contributed by atoms with Crippen LogP contribution < -0.4 is 5.32 Å². The molecule has 0 spiro atoms. The van der Waals surface area contributed by atoms with Crippen molar-refractivity contribution in [1.82, 2.24) is 5.32 Å². The molecule has 1 N–H and O–H groups in total. The van der Waals surface area contributed by atoms with Gasteiger partial charge in [-0.1, -0.05) is 69.3 Å². The Hall–Kier alpha value is -0.570. The molecule has 1 aromatic rings. The molecule has 1 aromatic carbocycles. The van der Waals surface area contributed by atoms with Gasteiger partial charge >= 0.3 is 0 Å². The van der Waals surface area contributed by atoms with Gasteiger partial charge in [0.2, 0.25) is 0 Å². The summed E-state index contributed by atoms with van der Waals surface area (Å²) in [6.45, 7) is 8.26. The molecule has 2 atom stereocenters. The first kappa shape index (κ1) is 18.5. The summed E-state index contributed by atoms with van der Waals surface area (Å²) in [5.74, 6) is 0. The van der Waals surface area contributed by atoms with Crippen LogP contribution in [0, 0.1) is 0 Å². The fourth-order valence-electron chi connectivity index (χ4n) is 2.45. The summed E-state index contributed by atoms with van der Waals surface area (Å²) in [5.41, 5.74) is 1.08. The third-order valence-electron chi connectivity index (χ3n) is 3.69. The van der Waals surface area contributed by atoms with E-state index < -0.39 is 0 Å². The van der Waals surface area contributed by atoms with Crippen molar-refractivity contribution in [1.29, 1.82) is 0 Å². The lowest BCUT2D eigenvalue weighted by Gasteiger charge is -2.24. The number of nitrogens with one attached hydrogen (secondary N) is 1. The van der Waals surface area contributed by atoms with Crippen molar-refractivity contribution < 1.29 is 4.74 Å². The molecule has 0 heterocycles.